The summed E-state index contributed by atoms with van der Waals surface area (Å²) in [5.41, 5.74) is 0.682. The number of aliphatic imine (C=N–C) groups is 1. The van der Waals surface area contributed by atoms with E-state index in [1.165, 1.54) is 42.5 Å². The monoisotopic (exact) mass is 482 g/mol. The zero-order valence-electron chi connectivity index (χ0n) is 15.6. The van der Waals surface area contributed by atoms with Gasteiger partial charge in [0.25, 0.3) is 0 Å². The number of cyclic esters (lactones) is 1. The molecule has 0 saturated carbocycles. The quantitative estimate of drug-likeness (QED) is 0.203. The van der Waals surface area contributed by atoms with Crippen molar-refractivity contribution in [3.63, 3.8) is 0 Å². The van der Waals surface area contributed by atoms with Crippen molar-refractivity contribution in [2.24, 2.45) is 4.99 Å². The molecule has 0 atom stereocenters. The third kappa shape index (κ3) is 4.67. The molecule has 3 aromatic rings. The number of ether oxygens (including phenoxy) is 2. The number of carbonyl (C=O) groups is 1. The molecular formula is C22H12BrFN2O5. The average Bonchev–Trinajstić information content (AvgIpc) is 3.11. The zero-order valence-corrected chi connectivity index (χ0v) is 17.2. The lowest BCUT2D eigenvalue weighted by atomic mass is 10.1. The Labute approximate surface area is 183 Å². The molecule has 0 fully saturated rings. The second-order valence-electron chi connectivity index (χ2n) is 6.38. The average molecular weight is 483 g/mol. The lowest BCUT2D eigenvalue weighted by Crippen LogP contribution is -2.05. The lowest BCUT2D eigenvalue weighted by Gasteiger charge is -2.07. The summed E-state index contributed by atoms with van der Waals surface area (Å²) in [4.78, 5) is 27.3. The second kappa shape index (κ2) is 8.49. The molecule has 1 aliphatic rings. The van der Waals surface area contributed by atoms with Crippen molar-refractivity contribution in [1.82, 2.24) is 0 Å². The Kier molecular flexibility index (Phi) is 5.59. The van der Waals surface area contributed by atoms with Crippen molar-refractivity contribution in [2.45, 2.75) is 0 Å². The molecular weight excluding hydrogens is 471 g/mol. The summed E-state index contributed by atoms with van der Waals surface area (Å²) in [6.45, 7) is 0. The largest absolute Gasteiger partial charge is 0.450 e. The van der Waals surface area contributed by atoms with E-state index in [9.17, 15) is 19.3 Å². The molecule has 0 aliphatic carbocycles. The van der Waals surface area contributed by atoms with Crippen molar-refractivity contribution < 1.29 is 23.6 Å². The molecule has 9 heteroatoms. The highest BCUT2D eigenvalue weighted by Crippen LogP contribution is 2.33. The van der Waals surface area contributed by atoms with Gasteiger partial charge in [-0.25, -0.2) is 14.2 Å². The Morgan fingerprint density at radius 2 is 1.77 bits per heavy atom. The molecule has 0 aromatic heterocycles. The highest BCUT2D eigenvalue weighted by Gasteiger charge is 2.25. The molecule has 1 aliphatic heterocycles. The normalized spacial score (nSPS) is 14.3. The summed E-state index contributed by atoms with van der Waals surface area (Å²) in [6, 6.07) is 16.4. The van der Waals surface area contributed by atoms with Crippen LogP contribution >= 0.6 is 15.9 Å². The van der Waals surface area contributed by atoms with Crippen LogP contribution in [0.5, 0.6) is 11.5 Å². The van der Waals surface area contributed by atoms with Crippen LogP contribution < -0.4 is 4.74 Å². The fourth-order valence-electron chi connectivity index (χ4n) is 2.77. The van der Waals surface area contributed by atoms with Crippen molar-refractivity contribution >= 4 is 39.6 Å². The van der Waals surface area contributed by atoms with Gasteiger partial charge in [-0.15, -0.1) is 0 Å². The van der Waals surface area contributed by atoms with E-state index in [-0.39, 0.29) is 28.8 Å². The first kappa shape index (κ1) is 20.4. The van der Waals surface area contributed by atoms with Gasteiger partial charge in [-0.2, -0.15) is 0 Å². The van der Waals surface area contributed by atoms with E-state index in [1.807, 2.05) is 0 Å². The fraction of sp³-hybridized carbons (Fsp3) is 0. The molecule has 0 unspecified atom stereocenters. The number of carbonyl (C=O) groups excluding carboxylic acids is 1. The number of nitro groups is 1. The van der Waals surface area contributed by atoms with Crippen molar-refractivity contribution in [3.8, 4) is 11.5 Å². The molecule has 0 saturated heterocycles. The van der Waals surface area contributed by atoms with Crippen LogP contribution in [0.1, 0.15) is 11.1 Å². The first-order chi connectivity index (χ1) is 14.9. The molecule has 0 spiro atoms. The smallest absolute Gasteiger partial charge is 0.363 e. The van der Waals surface area contributed by atoms with Crippen molar-refractivity contribution in [1.29, 1.82) is 0 Å². The van der Waals surface area contributed by atoms with E-state index in [0.717, 1.165) is 4.47 Å². The Morgan fingerprint density at radius 3 is 2.45 bits per heavy atom. The van der Waals surface area contributed by atoms with Gasteiger partial charge in [0.05, 0.1) is 4.92 Å². The topological polar surface area (TPSA) is 91.0 Å². The molecule has 3 aromatic carbocycles. The van der Waals surface area contributed by atoms with Crippen molar-refractivity contribution in [3.05, 3.63) is 104 Å². The molecule has 0 radical (unpaired) electrons. The minimum atomic E-state index is -0.660. The molecule has 0 bridgehead atoms. The van der Waals surface area contributed by atoms with Crippen LogP contribution in [0.25, 0.3) is 6.08 Å². The molecule has 31 heavy (non-hydrogen) atoms. The predicted molar refractivity (Wildman–Crippen MR) is 114 cm³/mol. The number of nitrogens with zero attached hydrogens (tertiary/aromatic N) is 2. The standard InChI is InChI=1S/C22H12BrFN2O5/c23-15-4-2-14(3-5-15)21-25-18(22(27)31-21)11-13-1-10-20(19(12-13)26(28)29)30-17-8-6-16(24)7-9-17/h1-12H/b18-11+. The number of nitro benzene ring substituents is 1. The number of benzene rings is 3. The maximum Gasteiger partial charge on any atom is 0.363 e. The number of hydrogen-bond donors (Lipinski definition) is 0. The van der Waals surface area contributed by atoms with Crippen LogP contribution in [-0.2, 0) is 9.53 Å². The van der Waals surface area contributed by atoms with Gasteiger partial charge in [0.15, 0.2) is 5.70 Å². The number of rotatable bonds is 5. The van der Waals surface area contributed by atoms with Gasteiger partial charge in [-0.3, -0.25) is 10.1 Å². The van der Waals surface area contributed by atoms with Gasteiger partial charge < -0.3 is 9.47 Å². The maximum atomic E-state index is 13.0. The van der Waals surface area contributed by atoms with Crippen LogP contribution in [-0.4, -0.2) is 16.8 Å². The molecule has 154 valence electrons. The van der Waals surface area contributed by atoms with E-state index in [1.54, 1.807) is 30.3 Å². The van der Waals surface area contributed by atoms with E-state index >= 15 is 0 Å². The van der Waals surface area contributed by atoms with Crippen molar-refractivity contribution in [2.75, 3.05) is 0 Å². The van der Waals surface area contributed by atoms with Crippen LogP contribution in [0.2, 0.25) is 0 Å². The fourth-order valence-corrected chi connectivity index (χ4v) is 3.03. The molecule has 7 nitrogen and oxygen atoms in total. The van der Waals surface area contributed by atoms with Gasteiger partial charge >= 0.3 is 11.7 Å². The van der Waals surface area contributed by atoms with E-state index < -0.39 is 16.7 Å². The Hall–Kier alpha value is -3.85. The van der Waals surface area contributed by atoms with Gasteiger partial charge in [0.2, 0.25) is 11.6 Å². The van der Waals surface area contributed by atoms with Gasteiger partial charge in [-0.1, -0.05) is 22.0 Å². The molecule has 4 rings (SSSR count). The lowest BCUT2D eigenvalue weighted by molar-refractivity contribution is -0.385. The minimum absolute atomic E-state index is 0.0134. The van der Waals surface area contributed by atoms with Crippen LogP contribution in [0.4, 0.5) is 10.1 Å². The number of halogens is 2. The first-order valence-electron chi connectivity index (χ1n) is 8.89. The Morgan fingerprint density at radius 1 is 1.06 bits per heavy atom. The Bertz CT molecular complexity index is 1240. The zero-order chi connectivity index (χ0) is 22.0. The summed E-state index contributed by atoms with van der Waals surface area (Å²) in [6.07, 6.45) is 1.39. The third-order valence-corrected chi connectivity index (χ3v) is 4.76. The van der Waals surface area contributed by atoms with Gasteiger partial charge in [0, 0.05) is 16.1 Å². The van der Waals surface area contributed by atoms with Crippen LogP contribution in [0.3, 0.4) is 0 Å². The van der Waals surface area contributed by atoms with Gasteiger partial charge in [-0.05, 0) is 66.2 Å². The summed E-state index contributed by atoms with van der Waals surface area (Å²) in [7, 11) is 0. The van der Waals surface area contributed by atoms with E-state index in [2.05, 4.69) is 20.9 Å². The van der Waals surface area contributed by atoms with Gasteiger partial charge in [0.1, 0.15) is 11.6 Å². The summed E-state index contributed by atoms with van der Waals surface area (Å²) in [5.74, 6) is -0.734. The molecule has 1 heterocycles. The highest BCUT2D eigenvalue weighted by molar-refractivity contribution is 9.10. The van der Waals surface area contributed by atoms with Crippen LogP contribution in [0.15, 0.2) is 81.9 Å². The number of esters is 1. The third-order valence-electron chi connectivity index (χ3n) is 4.24. The molecule has 0 amide bonds. The van der Waals surface area contributed by atoms with E-state index in [0.29, 0.717) is 11.1 Å². The second-order valence-corrected chi connectivity index (χ2v) is 7.30. The summed E-state index contributed by atoms with van der Waals surface area (Å²) < 4.78 is 24.6. The van der Waals surface area contributed by atoms with Crippen LogP contribution in [0, 0.1) is 15.9 Å². The first-order valence-corrected chi connectivity index (χ1v) is 9.69. The summed E-state index contributed by atoms with van der Waals surface area (Å²) >= 11 is 3.33. The minimum Gasteiger partial charge on any atom is -0.450 e. The number of hydrogen-bond acceptors (Lipinski definition) is 6. The predicted octanol–water partition coefficient (Wildman–Crippen LogP) is 5.63. The van der Waals surface area contributed by atoms with E-state index in [4.69, 9.17) is 9.47 Å². The Balaban J connectivity index is 1.63. The maximum absolute atomic E-state index is 13.0. The summed E-state index contributed by atoms with van der Waals surface area (Å²) in [5, 5.41) is 11.5. The highest BCUT2D eigenvalue weighted by atomic mass is 79.9. The molecule has 0 N–H and O–H groups in total. The SMILES string of the molecule is O=C1OC(c2ccc(Br)cc2)=N/C1=C/c1ccc(Oc2ccc(F)cc2)c([N+](=O)[O-])c1.